The van der Waals surface area contributed by atoms with Gasteiger partial charge in [-0.2, -0.15) is 0 Å². The summed E-state index contributed by atoms with van der Waals surface area (Å²) in [5.74, 6) is -0.579. The number of nitrogens with one attached hydrogen (secondary N) is 1. The van der Waals surface area contributed by atoms with Gasteiger partial charge in [0.05, 0.1) is 5.71 Å². The molecule has 3 N–H and O–H groups in total. The van der Waals surface area contributed by atoms with Crippen LogP contribution in [0, 0.1) is 18.2 Å². The van der Waals surface area contributed by atoms with Crippen LogP contribution in [0.2, 0.25) is 0 Å². The number of allylic oxidation sites excluding steroid dienone is 1. The molecule has 0 heterocycles. The lowest BCUT2D eigenvalue weighted by atomic mass is 10.0. The van der Waals surface area contributed by atoms with Crippen LogP contribution >= 0.6 is 0 Å². The first-order valence-corrected chi connectivity index (χ1v) is 6.39. The van der Waals surface area contributed by atoms with E-state index >= 15 is 0 Å². The largest absolute Gasteiger partial charge is 0.398 e. The molecule has 2 aromatic carbocycles. The molecule has 0 aliphatic heterocycles. The second kappa shape index (κ2) is 6.13. The highest BCUT2D eigenvalue weighted by atomic mass is 19.1. The summed E-state index contributed by atoms with van der Waals surface area (Å²) in [5, 5.41) is 8.01. The molecule has 0 unspecified atom stereocenters. The summed E-state index contributed by atoms with van der Waals surface area (Å²) in [6.45, 7) is 1.95. The molecule has 0 atom stereocenters. The van der Waals surface area contributed by atoms with Crippen molar-refractivity contribution in [3.63, 3.8) is 0 Å². The molecule has 0 aliphatic rings. The number of aldehydes is 1. The quantitative estimate of drug-likeness (QED) is 0.667. The Kier molecular flexibility index (Phi) is 4.28. The molecule has 0 fully saturated rings. The molecule has 21 heavy (non-hydrogen) atoms. The highest BCUT2D eigenvalue weighted by Crippen LogP contribution is 2.19. The van der Waals surface area contributed by atoms with Crippen LogP contribution in [0.4, 0.5) is 4.39 Å². The highest BCUT2D eigenvalue weighted by Gasteiger charge is 2.11. The Balaban J connectivity index is 2.39. The Morgan fingerprint density at radius 2 is 1.86 bits per heavy atom. The topological polar surface area (TPSA) is 66.9 Å². The van der Waals surface area contributed by atoms with Crippen LogP contribution in [0.5, 0.6) is 0 Å². The van der Waals surface area contributed by atoms with Gasteiger partial charge in [-0.3, -0.25) is 4.79 Å². The minimum absolute atomic E-state index is 0.0318. The van der Waals surface area contributed by atoms with E-state index in [1.54, 1.807) is 12.1 Å². The van der Waals surface area contributed by atoms with E-state index in [1.165, 1.54) is 24.3 Å². The van der Waals surface area contributed by atoms with Crippen LogP contribution in [0.3, 0.4) is 0 Å². The maximum Gasteiger partial charge on any atom is 0.150 e. The van der Waals surface area contributed by atoms with Gasteiger partial charge < -0.3 is 11.1 Å². The lowest BCUT2D eigenvalue weighted by molar-refractivity contribution is 0.112. The molecule has 2 aromatic rings. The van der Waals surface area contributed by atoms with Crippen molar-refractivity contribution in [1.82, 2.24) is 0 Å². The van der Waals surface area contributed by atoms with Crippen LogP contribution in [0.25, 0.3) is 5.70 Å². The maximum absolute atomic E-state index is 13.8. The van der Waals surface area contributed by atoms with E-state index < -0.39 is 5.82 Å². The van der Waals surface area contributed by atoms with Crippen molar-refractivity contribution in [3.8, 4) is 0 Å². The van der Waals surface area contributed by atoms with Gasteiger partial charge in [-0.15, -0.1) is 0 Å². The first-order valence-electron chi connectivity index (χ1n) is 6.39. The van der Waals surface area contributed by atoms with Crippen LogP contribution in [-0.4, -0.2) is 12.0 Å². The third-order valence-corrected chi connectivity index (χ3v) is 3.12. The molecule has 0 aliphatic carbocycles. The van der Waals surface area contributed by atoms with Crippen LogP contribution in [-0.2, 0) is 0 Å². The zero-order valence-electron chi connectivity index (χ0n) is 11.6. The fourth-order valence-electron chi connectivity index (χ4n) is 1.99. The van der Waals surface area contributed by atoms with Gasteiger partial charge in [0.15, 0.2) is 6.29 Å². The van der Waals surface area contributed by atoms with E-state index in [4.69, 9.17) is 11.1 Å². The predicted molar refractivity (Wildman–Crippen MR) is 82.0 cm³/mol. The average molecular weight is 282 g/mol. The number of hydrogen-bond donors (Lipinski definition) is 2. The van der Waals surface area contributed by atoms with Crippen molar-refractivity contribution >= 4 is 17.7 Å². The Morgan fingerprint density at radius 1 is 1.19 bits per heavy atom. The molecule has 0 spiro atoms. The van der Waals surface area contributed by atoms with E-state index in [-0.39, 0.29) is 22.5 Å². The molecule has 0 bridgehead atoms. The summed E-state index contributed by atoms with van der Waals surface area (Å²) in [6.07, 6.45) is 1.91. The highest BCUT2D eigenvalue weighted by molar-refractivity contribution is 6.10. The lowest BCUT2D eigenvalue weighted by Crippen LogP contribution is -2.07. The lowest BCUT2D eigenvalue weighted by Gasteiger charge is -2.07. The van der Waals surface area contributed by atoms with Crippen molar-refractivity contribution in [3.05, 3.63) is 76.6 Å². The number of hydrogen-bond acceptors (Lipinski definition) is 3. The molecule has 0 aromatic heterocycles. The molecular formula is C17H15FN2O. The van der Waals surface area contributed by atoms with E-state index in [0.29, 0.717) is 11.8 Å². The molecule has 2 rings (SSSR count). The normalized spacial score (nSPS) is 11.2. The van der Waals surface area contributed by atoms with Gasteiger partial charge in [0.1, 0.15) is 5.82 Å². The summed E-state index contributed by atoms with van der Waals surface area (Å²) in [5.41, 5.74) is 8.03. The van der Waals surface area contributed by atoms with Crippen LogP contribution < -0.4 is 5.73 Å². The number of rotatable bonds is 4. The molecule has 0 saturated carbocycles. The third-order valence-electron chi connectivity index (χ3n) is 3.12. The van der Waals surface area contributed by atoms with Gasteiger partial charge in [-0.1, -0.05) is 42.0 Å². The van der Waals surface area contributed by atoms with Crippen LogP contribution in [0.1, 0.15) is 27.0 Å². The van der Waals surface area contributed by atoms with E-state index in [9.17, 15) is 9.18 Å². The van der Waals surface area contributed by atoms with E-state index in [1.807, 2.05) is 19.1 Å². The standard InChI is InChI=1S/C17H15FN2O/c1-11-5-7-12(8-6-11)15(19)9-16(20)17-13(10-21)3-2-4-14(17)18/h2-10,19H,20H2,1H3. The Hall–Kier alpha value is -2.75. The summed E-state index contributed by atoms with van der Waals surface area (Å²) in [7, 11) is 0. The minimum Gasteiger partial charge on any atom is -0.398 e. The van der Waals surface area contributed by atoms with Gasteiger partial charge >= 0.3 is 0 Å². The van der Waals surface area contributed by atoms with Crippen molar-refractivity contribution in [2.75, 3.05) is 0 Å². The molecule has 3 nitrogen and oxygen atoms in total. The molecule has 0 amide bonds. The molecule has 0 saturated heterocycles. The number of halogens is 1. The fraction of sp³-hybridized carbons (Fsp3) is 0.0588. The molecule has 106 valence electrons. The van der Waals surface area contributed by atoms with Crippen molar-refractivity contribution < 1.29 is 9.18 Å². The van der Waals surface area contributed by atoms with E-state index in [0.717, 1.165) is 5.56 Å². The summed E-state index contributed by atoms with van der Waals surface area (Å²) < 4.78 is 13.8. The smallest absolute Gasteiger partial charge is 0.150 e. The zero-order valence-corrected chi connectivity index (χ0v) is 11.6. The first-order chi connectivity index (χ1) is 10.0. The van der Waals surface area contributed by atoms with Gasteiger partial charge in [-0.25, -0.2) is 4.39 Å². The SMILES string of the molecule is Cc1ccc(C(=N)C=C(N)c2c(F)cccc2C=O)cc1. The second-order valence-electron chi connectivity index (χ2n) is 4.70. The molecular weight excluding hydrogens is 267 g/mol. The summed E-state index contributed by atoms with van der Waals surface area (Å²) >= 11 is 0. The summed E-state index contributed by atoms with van der Waals surface area (Å²) in [4.78, 5) is 11.0. The number of nitrogens with two attached hydrogens (primary N) is 1. The molecule has 4 heteroatoms. The van der Waals surface area contributed by atoms with Gasteiger partial charge in [-0.05, 0) is 24.6 Å². The number of aryl methyl sites for hydroxylation is 1. The fourth-order valence-corrected chi connectivity index (χ4v) is 1.99. The Bertz CT molecular complexity index is 718. The van der Waals surface area contributed by atoms with Gasteiger partial charge in [0.25, 0.3) is 0 Å². The second-order valence-corrected chi connectivity index (χ2v) is 4.70. The number of benzene rings is 2. The third kappa shape index (κ3) is 3.23. The molecule has 0 radical (unpaired) electrons. The Morgan fingerprint density at radius 3 is 2.48 bits per heavy atom. The monoisotopic (exact) mass is 282 g/mol. The van der Waals surface area contributed by atoms with Gasteiger partial charge in [0, 0.05) is 16.8 Å². The van der Waals surface area contributed by atoms with Crippen molar-refractivity contribution in [1.29, 1.82) is 5.41 Å². The van der Waals surface area contributed by atoms with Gasteiger partial charge in [0.2, 0.25) is 0 Å². The number of carbonyl (C=O) groups excluding carboxylic acids is 1. The predicted octanol–water partition coefficient (Wildman–Crippen LogP) is 3.31. The zero-order chi connectivity index (χ0) is 15.4. The Labute approximate surface area is 122 Å². The maximum atomic E-state index is 13.8. The summed E-state index contributed by atoms with van der Waals surface area (Å²) in [6, 6.07) is 11.5. The van der Waals surface area contributed by atoms with E-state index in [2.05, 4.69) is 0 Å². The number of carbonyl (C=O) groups is 1. The van der Waals surface area contributed by atoms with Crippen LogP contribution in [0.15, 0.2) is 48.5 Å². The van der Waals surface area contributed by atoms with Crippen molar-refractivity contribution in [2.24, 2.45) is 5.73 Å². The average Bonchev–Trinajstić information content (AvgIpc) is 2.47. The first kappa shape index (κ1) is 14.7. The van der Waals surface area contributed by atoms with Crippen molar-refractivity contribution in [2.45, 2.75) is 6.92 Å². The minimum atomic E-state index is -0.579.